The van der Waals surface area contributed by atoms with Crippen LogP contribution in [0.25, 0.3) is 0 Å². The van der Waals surface area contributed by atoms with Crippen LogP contribution in [0, 0.1) is 17.8 Å². The summed E-state index contributed by atoms with van der Waals surface area (Å²) in [4.78, 5) is 55.6. The SMILES string of the molecule is C=C(O)C1CCC(CN(C)C(=O)CCCCCN2C(=O)CC(SCCCCC[C@H](C)C(=O)N(C)c3ccccc3)C2=O)CC1. The van der Waals surface area contributed by atoms with Crippen LogP contribution in [0.15, 0.2) is 42.7 Å². The van der Waals surface area contributed by atoms with Crippen LogP contribution >= 0.6 is 11.8 Å². The highest BCUT2D eigenvalue weighted by Crippen LogP contribution is 2.32. The fourth-order valence-electron chi connectivity index (χ4n) is 6.29. The normalized spacial score (nSPS) is 20.9. The molecule has 1 saturated carbocycles. The molecule has 0 spiro atoms. The van der Waals surface area contributed by atoms with Crippen molar-refractivity contribution in [1.29, 1.82) is 0 Å². The quantitative estimate of drug-likeness (QED) is 0.112. The molecule has 1 unspecified atom stereocenters. The van der Waals surface area contributed by atoms with Crippen molar-refractivity contribution < 1.29 is 24.3 Å². The number of nitrogens with zero attached hydrogens (tertiary/aromatic N) is 3. The number of anilines is 1. The van der Waals surface area contributed by atoms with Gasteiger partial charge in [0, 0.05) is 57.5 Å². The molecule has 0 radical (unpaired) electrons. The second-order valence-electron chi connectivity index (χ2n) is 12.7. The Hall–Kier alpha value is -2.81. The number of thioether (sulfide) groups is 1. The summed E-state index contributed by atoms with van der Waals surface area (Å²) in [5.41, 5.74) is 0.903. The van der Waals surface area contributed by atoms with E-state index in [0.29, 0.717) is 18.9 Å². The molecule has 1 aromatic carbocycles. The molecule has 1 aliphatic carbocycles. The summed E-state index contributed by atoms with van der Waals surface area (Å²) in [5.74, 6) is 1.86. The number of amides is 4. The van der Waals surface area contributed by atoms with E-state index in [4.69, 9.17) is 0 Å². The van der Waals surface area contributed by atoms with Gasteiger partial charge in [-0.1, -0.05) is 51.0 Å². The molecule has 1 aliphatic heterocycles. The molecule has 9 heteroatoms. The summed E-state index contributed by atoms with van der Waals surface area (Å²) >= 11 is 1.58. The Labute approximate surface area is 268 Å². The van der Waals surface area contributed by atoms with Crippen LogP contribution in [-0.2, 0) is 19.2 Å². The van der Waals surface area contributed by atoms with Crippen molar-refractivity contribution in [3.63, 3.8) is 0 Å². The minimum atomic E-state index is -0.289. The first-order chi connectivity index (χ1) is 21.1. The molecule has 0 bridgehead atoms. The number of carbonyl (C=O) groups excluding carboxylic acids is 4. The molecule has 8 nitrogen and oxygen atoms in total. The van der Waals surface area contributed by atoms with Gasteiger partial charge in [0.2, 0.25) is 23.6 Å². The third-order valence-corrected chi connectivity index (χ3v) is 10.5. The minimum Gasteiger partial charge on any atom is -0.513 e. The Bertz CT molecular complexity index is 1100. The van der Waals surface area contributed by atoms with Gasteiger partial charge < -0.3 is 14.9 Å². The summed E-state index contributed by atoms with van der Waals surface area (Å²) in [6.45, 7) is 6.83. The molecule has 2 fully saturated rings. The second kappa shape index (κ2) is 18.2. The fourth-order valence-corrected chi connectivity index (χ4v) is 7.47. The summed E-state index contributed by atoms with van der Waals surface area (Å²) in [6.07, 6.45) is 10.7. The number of aliphatic hydroxyl groups excluding tert-OH is 1. The molecular weight excluding hydrogens is 574 g/mol. The zero-order valence-electron chi connectivity index (χ0n) is 27.0. The van der Waals surface area contributed by atoms with Gasteiger partial charge in [0.1, 0.15) is 0 Å². The third kappa shape index (κ3) is 11.0. The van der Waals surface area contributed by atoms with E-state index in [1.165, 1.54) is 4.90 Å². The summed E-state index contributed by atoms with van der Waals surface area (Å²) in [7, 11) is 3.69. The first-order valence-corrected chi connectivity index (χ1v) is 17.5. The van der Waals surface area contributed by atoms with Crippen LogP contribution < -0.4 is 4.90 Å². The van der Waals surface area contributed by atoms with E-state index < -0.39 is 0 Å². The largest absolute Gasteiger partial charge is 0.513 e. The predicted octanol–water partition coefficient (Wildman–Crippen LogP) is 6.60. The predicted molar refractivity (Wildman–Crippen MR) is 178 cm³/mol. The van der Waals surface area contributed by atoms with Crippen molar-refractivity contribution in [2.24, 2.45) is 17.8 Å². The lowest BCUT2D eigenvalue weighted by Crippen LogP contribution is -2.33. The highest BCUT2D eigenvalue weighted by Gasteiger charge is 2.38. The molecule has 1 aromatic rings. The number of allylic oxidation sites excluding steroid dienone is 1. The van der Waals surface area contributed by atoms with E-state index in [0.717, 1.165) is 88.6 Å². The van der Waals surface area contributed by atoms with Gasteiger partial charge in [-0.2, -0.15) is 0 Å². The van der Waals surface area contributed by atoms with E-state index in [9.17, 15) is 24.3 Å². The van der Waals surface area contributed by atoms with Gasteiger partial charge in [-0.25, -0.2) is 0 Å². The number of para-hydroxylation sites is 1. The number of hydrogen-bond acceptors (Lipinski definition) is 6. The Morgan fingerprint density at radius 2 is 1.68 bits per heavy atom. The maximum atomic E-state index is 12.9. The molecule has 1 N–H and O–H groups in total. The van der Waals surface area contributed by atoms with Crippen LogP contribution in [0.1, 0.15) is 90.4 Å². The lowest BCUT2D eigenvalue weighted by molar-refractivity contribution is -0.138. The topological polar surface area (TPSA) is 98.2 Å². The van der Waals surface area contributed by atoms with Gasteiger partial charge >= 0.3 is 0 Å². The van der Waals surface area contributed by atoms with E-state index in [2.05, 4.69) is 6.58 Å². The number of unbranched alkanes of at least 4 members (excludes halogenated alkanes) is 4. The number of hydrogen-bond donors (Lipinski definition) is 1. The van der Waals surface area contributed by atoms with E-state index >= 15 is 0 Å². The summed E-state index contributed by atoms with van der Waals surface area (Å²) < 4.78 is 0. The molecule has 1 heterocycles. The fraction of sp³-hybridized carbons (Fsp3) is 0.657. The first-order valence-electron chi connectivity index (χ1n) is 16.5. The molecule has 44 heavy (non-hydrogen) atoms. The van der Waals surface area contributed by atoms with Crippen LogP contribution in [0.5, 0.6) is 0 Å². The maximum Gasteiger partial charge on any atom is 0.242 e. The Morgan fingerprint density at radius 3 is 2.36 bits per heavy atom. The Morgan fingerprint density at radius 1 is 1.00 bits per heavy atom. The van der Waals surface area contributed by atoms with Gasteiger partial charge in [-0.15, -0.1) is 11.8 Å². The van der Waals surface area contributed by atoms with Crippen molar-refractivity contribution in [2.45, 2.75) is 95.6 Å². The van der Waals surface area contributed by atoms with Gasteiger partial charge in [0.15, 0.2) is 0 Å². The van der Waals surface area contributed by atoms with Crippen LogP contribution in [-0.4, -0.2) is 76.7 Å². The zero-order valence-corrected chi connectivity index (χ0v) is 27.9. The van der Waals surface area contributed by atoms with Gasteiger partial charge in [0.05, 0.1) is 11.0 Å². The smallest absolute Gasteiger partial charge is 0.242 e. The first kappa shape index (κ1) is 35.7. The highest BCUT2D eigenvalue weighted by molar-refractivity contribution is 8.00. The van der Waals surface area contributed by atoms with E-state index in [1.807, 2.05) is 56.3 Å². The van der Waals surface area contributed by atoms with Crippen molar-refractivity contribution in [2.75, 3.05) is 37.8 Å². The molecule has 3 rings (SSSR count). The number of imide groups is 1. The number of carbonyl (C=O) groups is 4. The van der Waals surface area contributed by atoms with E-state index in [1.54, 1.807) is 16.7 Å². The lowest BCUT2D eigenvalue weighted by atomic mass is 9.81. The standard InChI is InChI=1S/C35H53N3O5S/c1-26(34(42)37(4)30-15-9-5-10-16-30)14-8-7-13-23-44-31-24-33(41)38(35(31)43)22-12-6-11-17-32(40)36(3)25-28-18-20-29(21-19-28)27(2)39/h5,9-10,15-16,26,28-29,31,39H,2,6-8,11-14,17-25H2,1,3-4H3/t26-,28?,29?,31?/m0/s1. The second-order valence-corrected chi connectivity index (χ2v) is 14.0. The van der Waals surface area contributed by atoms with Gasteiger partial charge in [-0.05, 0) is 75.2 Å². The molecule has 4 amide bonds. The number of aliphatic hydroxyl groups is 1. The Balaban J connectivity index is 1.22. The highest BCUT2D eigenvalue weighted by atomic mass is 32.2. The molecule has 2 atom stereocenters. The number of likely N-dealkylation sites (tertiary alicyclic amines) is 1. The molecule has 2 aliphatic rings. The third-order valence-electron chi connectivity index (χ3n) is 9.25. The molecule has 0 aromatic heterocycles. The minimum absolute atomic E-state index is 0.0427. The molecule has 244 valence electrons. The molecular formula is C35H53N3O5S. The van der Waals surface area contributed by atoms with Gasteiger partial charge in [-0.3, -0.25) is 24.1 Å². The van der Waals surface area contributed by atoms with Crippen LogP contribution in [0.3, 0.4) is 0 Å². The maximum absolute atomic E-state index is 12.9. The van der Waals surface area contributed by atoms with Gasteiger partial charge in [0.25, 0.3) is 0 Å². The number of benzene rings is 1. The zero-order chi connectivity index (χ0) is 32.1. The van der Waals surface area contributed by atoms with Crippen molar-refractivity contribution in [3.8, 4) is 0 Å². The number of rotatable bonds is 18. The average Bonchev–Trinajstić information content (AvgIpc) is 3.29. The monoisotopic (exact) mass is 627 g/mol. The van der Waals surface area contributed by atoms with Crippen LogP contribution in [0.2, 0.25) is 0 Å². The summed E-state index contributed by atoms with van der Waals surface area (Å²) in [6, 6.07) is 9.68. The van der Waals surface area contributed by atoms with Crippen molar-refractivity contribution in [1.82, 2.24) is 9.80 Å². The summed E-state index contributed by atoms with van der Waals surface area (Å²) in [5, 5.41) is 9.31. The lowest BCUT2D eigenvalue weighted by Gasteiger charge is -2.30. The van der Waals surface area contributed by atoms with E-state index in [-0.39, 0.29) is 52.9 Å². The van der Waals surface area contributed by atoms with Crippen LogP contribution in [0.4, 0.5) is 5.69 Å². The molecule has 1 saturated heterocycles. The van der Waals surface area contributed by atoms with Crippen molar-refractivity contribution >= 4 is 41.1 Å². The average molecular weight is 628 g/mol. The van der Waals surface area contributed by atoms with Crippen molar-refractivity contribution in [3.05, 3.63) is 42.7 Å². The Kier molecular flexibility index (Phi) is 14.8.